The number of amides is 1. The minimum atomic E-state index is -0.187. The molecular formula is C12H23NO3S. The van der Waals surface area contributed by atoms with Gasteiger partial charge in [-0.25, -0.2) is 0 Å². The number of rotatable bonds is 8. The van der Waals surface area contributed by atoms with Crippen molar-refractivity contribution in [2.24, 2.45) is 5.92 Å². The fraction of sp³-hybridized carbons (Fsp3) is 0.917. The van der Waals surface area contributed by atoms with Gasteiger partial charge < -0.3 is 14.4 Å². The van der Waals surface area contributed by atoms with E-state index in [1.165, 1.54) is 0 Å². The maximum absolute atomic E-state index is 11.7. The summed E-state index contributed by atoms with van der Waals surface area (Å²) < 4.78 is 10.9. The van der Waals surface area contributed by atoms with E-state index in [-0.39, 0.29) is 12.2 Å². The van der Waals surface area contributed by atoms with Crippen molar-refractivity contribution in [3.63, 3.8) is 0 Å². The van der Waals surface area contributed by atoms with Crippen molar-refractivity contribution in [2.45, 2.75) is 33.0 Å². The molecule has 0 aromatic heterocycles. The van der Waals surface area contributed by atoms with Crippen LogP contribution in [-0.2, 0) is 14.3 Å². The summed E-state index contributed by atoms with van der Waals surface area (Å²) in [6, 6.07) is 0. The van der Waals surface area contributed by atoms with E-state index in [1.807, 2.05) is 18.7 Å². The first-order valence-electron chi connectivity index (χ1n) is 6.33. The van der Waals surface area contributed by atoms with E-state index in [0.717, 1.165) is 18.7 Å². The smallest absolute Gasteiger partial charge is 0.222 e. The quantitative estimate of drug-likeness (QED) is 0.532. The van der Waals surface area contributed by atoms with Gasteiger partial charge in [0.15, 0.2) is 6.29 Å². The Labute approximate surface area is 109 Å². The van der Waals surface area contributed by atoms with Gasteiger partial charge in [0.05, 0.1) is 0 Å². The maximum atomic E-state index is 11.7. The normalized spacial score (nSPS) is 20.6. The number of hydrogen-bond acceptors (Lipinski definition) is 4. The molecule has 1 atom stereocenters. The Hall–Kier alpha value is -0.260. The molecule has 0 aliphatic carbocycles. The van der Waals surface area contributed by atoms with Gasteiger partial charge >= 0.3 is 0 Å². The van der Waals surface area contributed by atoms with Crippen molar-refractivity contribution < 1.29 is 14.3 Å². The van der Waals surface area contributed by atoms with Crippen LogP contribution in [0.3, 0.4) is 0 Å². The number of hydrogen-bond donors (Lipinski definition) is 1. The average Bonchev–Trinajstić information content (AvgIpc) is 2.68. The molecule has 1 rings (SSSR count). The predicted octanol–water partition coefficient (Wildman–Crippen LogP) is 1.55. The highest BCUT2D eigenvalue weighted by Crippen LogP contribution is 2.19. The molecule has 4 nitrogen and oxygen atoms in total. The van der Waals surface area contributed by atoms with Crippen molar-refractivity contribution in [3.8, 4) is 0 Å². The van der Waals surface area contributed by atoms with Crippen LogP contribution in [0.15, 0.2) is 0 Å². The predicted molar refractivity (Wildman–Crippen MR) is 70.2 cm³/mol. The van der Waals surface area contributed by atoms with Crippen molar-refractivity contribution in [3.05, 3.63) is 0 Å². The molecule has 0 radical (unpaired) electrons. The topological polar surface area (TPSA) is 38.8 Å². The summed E-state index contributed by atoms with van der Waals surface area (Å²) in [6.07, 6.45) is 1.19. The van der Waals surface area contributed by atoms with Crippen molar-refractivity contribution in [1.29, 1.82) is 0 Å². The lowest BCUT2D eigenvalue weighted by Crippen LogP contribution is -2.30. The standard InChI is InChI=1S/C12H23NO3S/c1-3-15-12(16-4-2)5-6-13-8-10(9-17)7-11(13)14/h10,12,17H,3-9H2,1-2H3. The molecule has 0 N–H and O–H groups in total. The molecule has 1 unspecified atom stereocenters. The average molecular weight is 261 g/mol. The highest BCUT2D eigenvalue weighted by atomic mass is 32.1. The van der Waals surface area contributed by atoms with Crippen LogP contribution in [0.25, 0.3) is 0 Å². The summed E-state index contributed by atoms with van der Waals surface area (Å²) in [5.41, 5.74) is 0. The molecule has 5 heteroatoms. The summed E-state index contributed by atoms with van der Waals surface area (Å²) >= 11 is 4.24. The first-order valence-corrected chi connectivity index (χ1v) is 6.96. The summed E-state index contributed by atoms with van der Waals surface area (Å²) in [5.74, 6) is 1.42. The molecular weight excluding hydrogens is 238 g/mol. The Morgan fingerprint density at radius 3 is 2.53 bits per heavy atom. The number of carbonyl (C=O) groups excluding carboxylic acids is 1. The lowest BCUT2D eigenvalue weighted by molar-refractivity contribution is -0.144. The van der Waals surface area contributed by atoms with E-state index in [0.29, 0.717) is 32.1 Å². The molecule has 1 saturated heterocycles. The molecule has 1 fully saturated rings. The van der Waals surface area contributed by atoms with Gasteiger partial charge in [-0.15, -0.1) is 0 Å². The van der Waals surface area contributed by atoms with Gasteiger partial charge in [0.25, 0.3) is 0 Å². The first-order chi connectivity index (χ1) is 8.21. The number of ether oxygens (including phenoxy) is 2. The van der Waals surface area contributed by atoms with E-state index in [4.69, 9.17) is 9.47 Å². The van der Waals surface area contributed by atoms with Crippen molar-refractivity contribution in [2.75, 3.05) is 32.1 Å². The van der Waals surface area contributed by atoms with Gasteiger partial charge in [-0.3, -0.25) is 4.79 Å². The Kier molecular flexibility index (Phi) is 6.92. The molecule has 1 heterocycles. The zero-order valence-electron chi connectivity index (χ0n) is 10.7. The molecule has 0 spiro atoms. The molecule has 17 heavy (non-hydrogen) atoms. The second-order valence-electron chi connectivity index (χ2n) is 4.22. The maximum Gasteiger partial charge on any atom is 0.222 e. The summed E-state index contributed by atoms with van der Waals surface area (Å²) in [7, 11) is 0. The molecule has 1 aliphatic rings. The van der Waals surface area contributed by atoms with Gasteiger partial charge in [0.1, 0.15) is 0 Å². The Morgan fingerprint density at radius 1 is 1.41 bits per heavy atom. The SMILES string of the molecule is CCOC(CCN1CC(CS)CC1=O)OCC. The van der Waals surface area contributed by atoms with Crippen molar-refractivity contribution >= 4 is 18.5 Å². The van der Waals surface area contributed by atoms with Crippen LogP contribution in [0, 0.1) is 5.92 Å². The van der Waals surface area contributed by atoms with Crippen LogP contribution in [0.1, 0.15) is 26.7 Å². The minimum absolute atomic E-state index is 0.187. The second-order valence-corrected chi connectivity index (χ2v) is 4.59. The van der Waals surface area contributed by atoms with Crippen LogP contribution in [0.2, 0.25) is 0 Å². The third-order valence-electron chi connectivity index (χ3n) is 2.89. The molecule has 100 valence electrons. The fourth-order valence-corrected chi connectivity index (χ4v) is 2.28. The first kappa shape index (κ1) is 14.8. The highest BCUT2D eigenvalue weighted by Gasteiger charge is 2.28. The Balaban J connectivity index is 2.30. The highest BCUT2D eigenvalue weighted by molar-refractivity contribution is 7.80. The minimum Gasteiger partial charge on any atom is -0.353 e. The van der Waals surface area contributed by atoms with Crippen LogP contribution in [0.4, 0.5) is 0 Å². The van der Waals surface area contributed by atoms with Crippen molar-refractivity contribution in [1.82, 2.24) is 4.90 Å². The third-order valence-corrected chi connectivity index (χ3v) is 3.41. The van der Waals surface area contributed by atoms with E-state index >= 15 is 0 Å². The lowest BCUT2D eigenvalue weighted by Gasteiger charge is -2.21. The molecule has 1 amide bonds. The van der Waals surface area contributed by atoms with Crippen LogP contribution >= 0.6 is 12.6 Å². The van der Waals surface area contributed by atoms with E-state index in [1.54, 1.807) is 0 Å². The zero-order chi connectivity index (χ0) is 12.7. The number of carbonyl (C=O) groups is 1. The second kappa shape index (κ2) is 7.95. The molecule has 0 aromatic carbocycles. The Morgan fingerprint density at radius 2 is 2.06 bits per heavy atom. The fourth-order valence-electron chi connectivity index (χ4n) is 2.04. The summed E-state index contributed by atoms with van der Waals surface area (Å²) in [4.78, 5) is 13.6. The summed E-state index contributed by atoms with van der Waals surface area (Å²) in [6.45, 7) is 6.71. The number of thiol groups is 1. The zero-order valence-corrected chi connectivity index (χ0v) is 11.6. The number of nitrogens with zero attached hydrogens (tertiary/aromatic N) is 1. The van der Waals surface area contributed by atoms with Gasteiger partial charge in [0.2, 0.25) is 5.91 Å². The monoisotopic (exact) mass is 261 g/mol. The lowest BCUT2D eigenvalue weighted by atomic mass is 10.1. The van der Waals surface area contributed by atoms with Gasteiger partial charge in [-0.2, -0.15) is 12.6 Å². The van der Waals surface area contributed by atoms with Gasteiger partial charge in [-0.1, -0.05) is 0 Å². The van der Waals surface area contributed by atoms with E-state index in [9.17, 15) is 4.79 Å². The Bertz CT molecular complexity index is 232. The molecule has 0 aromatic rings. The third kappa shape index (κ3) is 4.85. The number of likely N-dealkylation sites (tertiary alicyclic amines) is 1. The molecule has 0 bridgehead atoms. The van der Waals surface area contributed by atoms with Crippen LogP contribution in [0.5, 0.6) is 0 Å². The van der Waals surface area contributed by atoms with E-state index < -0.39 is 0 Å². The molecule has 0 saturated carbocycles. The largest absolute Gasteiger partial charge is 0.353 e. The van der Waals surface area contributed by atoms with Gasteiger partial charge in [0, 0.05) is 39.1 Å². The summed E-state index contributed by atoms with van der Waals surface area (Å²) in [5, 5.41) is 0. The molecule has 1 aliphatic heterocycles. The van der Waals surface area contributed by atoms with Gasteiger partial charge in [-0.05, 0) is 25.5 Å². The van der Waals surface area contributed by atoms with Crippen LogP contribution < -0.4 is 0 Å². The van der Waals surface area contributed by atoms with E-state index in [2.05, 4.69) is 12.6 Å². The van der Waals surface area contributed by atoms with Crippen LogP contribution in [-0.4, -0.2) is 49.2 Å².